The van der Waals surface area contributed by atoms with Crippen molar-refractivity contribution in [1.82, 2.24) is 0 Å². The number of nitriles is 1. The van der Waals surface area contributed by atoms with E-state index in [9.17, 15) is 4.39 Å². The van der Waals surface area contributed by atoms with Crippen LogP contribution in [0.3, 0.4) is 0 Å². The van der Waals surface area contributed by atoms with Gasteiger partial charge in [-0.2, -0.15) is 5.26 Å². The van der Waals surface area contributed by atoms with Crippen LogP contribution in [0.1, 0.15) is 32.1 Å². The molecule has 3 unspecified atom stereocenters. The monoisotopic (exact) mass is 167 g/mol. The lowest BCUT2D eigenvalue weighted by Gasteiger charge is -2.29. The van der Waals surface area contributed by atoms with Crippen LogP contribution >= 0.6 is 0 Å². The van der Waals surface area contributed by atoms with Crippen molar-refractivity contribution in [1.29, 1.82) is 5.26 Å². The number of fused-ring (bicyclic) bond motifs is 2. The smallest absolute Gasteiger partial charge is 0.0909 e. The minimum absolute atomic E-state index is 0.266. The normalized spacial score (nSPS) is 44.7. The van der Waals surface area contributed by atoms with Gasteiger partial charge in [0.2, 0.25) is 0 Å². The highest BCUT2D eigenvalue weighted by molar-refractivity contribution is 5.11. The van der Waals surface area contributed by atoms with Crippen LogP contribution in [0.15, 0.2) is 0 Å². The quantitative estimate of drug-likeness (QED) is 0.620. The molecular weight excluding hydrogens is 153 g/mol. The summed E-state index contributed by atoms with van der Waals surface area (Å²) in [7, 11) is 0. The summed E-state index contributed by atoms with van der Waals surface area (Å²) < 4.78 is 12.3. The van der Waals surface area contributed by atoms with Crippen LogP contribution in [0.2, 0.25) is 0 Å². The van der Waals surface area contributed by atoms with E-state index >= 15 is 0 Å². The van der Waals surface area contributed by atoms with Crippen LogP contribution in [-0.2, 0) is 0 Å². The standard InChI is InChI=1S/C10H14FN/c11-4-3-10(7-12)6-8-1-2-9(10)5-8/h8-9H,1-6H2. The highest BCUT2D eigenvalue weighted by Crippen LogP contribution is 2.57. The Morgan fingerprint density at radius 2 is 2.33 bits per heavy atom. The summed E-state index contributed by atoms with van der Waals surface area (Å²) in [6.45, 7) is -0.323. The van der Waals surface area contributed by atoms with Crippen LogP contribution in [0.4, 0.5) is 4.39 Å². The first-order valence-corrected chi connectivity index (χ1v) is 4.78. The Morgan fingerprint density at radius 1 is 1.50 bits per heavy atom. The molecule has 0 N–H and O–H groups in total. The van der Waals surface area contributed by atoms with E-state index in [0.29, 0.717) is 12.3 Å². The van der Waals surface area contributed by atoms with E-state index in [1.54, 1.807) is 0 Å². The SMILES string of the molecule is N#CC1(CCF)CC2CCC1C2. The van der Waals surface area contributed by atoms with Crippen molar-refractivity contribution < 1.29 is 4.39 Å². The Balaban J connectivity index is 2.15. The van der Waals surface area contributed by atoms with Gasteiger partial charge in [-0.1, -0.05) is 6.42 Å². The molecule has 3 atom stereocenters. The molecule has 12 heavy (non-hydrogen) atoms. The lowest BCUT2D eigenvalue weighted by molar-refractivity contribution is 0.203. The van der Waals surface area contributed by atoms with Gasteiger partial charge < -0.3 is 0 Å². The molecule has 0 aromatic carbocycles. The van der Waals surface area contributed by atoms with Gasteiger partial charge in [-0.15, -0.1) is 0 Å². The second-order valence-electron chi connectivity index (χ2n) is 4.29. The lowest BCUT2D eigenvalue weighted by atomic mass is 9.72. The molecule has 2 aliphatic carbocycles. The zero-order chi connectivity index (χ0) is 8.60. The third-order valence-corrected chi connectivity index (χ3v) is 3.74. The van der Waals surface area contributed by atoms with Crippen molar-refractivity contribution in [3.05, 3.63) is 0 Å². The number of rotatable bonds is 2. The maximum Gasteiger partial charge on any atom is 0.0909 e. The Hall–Kier alpha value is -0.580. The average molecular weight is 167 g/mol. The lowest BCUT2D eigenvalue weighted by Crippen LogP contribution is -2.26. The predicted octanol–water partition coefficient (Wildman–Crippen LogP) is 2.68. The zero-order valence-electron chi connectivity index (χ0n) is 7.22. The van der Waals surface area contributed by atoms with Gasteiger partial charge in [-0.05, 0) is 37.5 Å². The van der Waals surface area contributed by atoms with Crippen molar-refractivity contribution in [2.24, 2.45) is 17.3 Å². The molecular formula is C10H14FN. The average Bonchev–Trinajstić information content (AvgIpc) is 2.64. The highest BCUT2D eigenvalue weighted by Gasteiger charge is 2.50. The second-order valence-corrected chi connectivity index (χ2v) is 4.29. The Labute approximate surface area is 72.6 Å². The fraction of sp³-hybridized carbons (Fsp3) is 0.900. The number of hydrogen-bond donors (Lipinski definition) is 0. The number of hydrogen-bond acceptors (Lipinski definition) is 1. The molecule has 2 fully saturated rings. The number of alkyl halides is 1. The van der Waals surface area contributed by atoms with Crippen molar-refractivity contribution in [3.8, 4) is 6.07 Å². The van der Waals surface area contributed by atoms with Gasteiger partial charge in [-0.3, -0.25) is 4.39 Å². The van der Waals surface area contributed by atoms with E-state index in [-0.39, 0.29) is 12.1 Å². The van der Waals surface area contributed by atoms with Gasteiger partial charge in [0, 0.05) is 0 Å². The van der Waals surface area contributed by atoms with Crippen LogP contribution in [-0.4, -0.2) is 6.67 Å². The molecule has 0 saturated heterocycles. The van der Waals surface area contributed by atoms with Crippen LogP contribution in [0, 0.1) is 28.6 Å². The van der Waals surface area contributed by atoms with Crippen molar-refractivity contribution in [2.45, 2.75) is 32.1 Å². The molecule has 0 spiro atoms. The molecule has 2 heteroatoms. The molecule has 2 bridgehead atoms. The zero-order valence-corrected chi connectivity index (χ0v) is 7.22. The second kappa shape index (κ2) is 2.73. The largest absolute Gasteiger partial charge is 0.251 e. The molecule has 0 aromatic rings. The molecule has 0 amide bonds. The van der Waals surface area contributed by atoms with E-state index in [1.165, 1.54) is 12.8 Å². The number of nitrogens with zero attached hydrogens (tertiary/aromatic N) is 1. The maximum atomic E-state index is 12.3. The minimum atomic E-state index is -0.323. The van der Waals surface area contributed by atoms with Crippen LogP contribution in [0.5, 0.6) is 0 Å². The van der Waals surface area contributed by atoms with Gasteiger partial charge in [0.05, 0.1) is 18.2 Å². The Morgan fingerprint density at radius 3 is 2.75 bits per heavy atom. The molecule has 0 aliphatic heterocycles. The number of halogens is 1. The van der Waals surface area contributed by atoms with E-state index < -0.39 is 0 Å². The molecule has 66 valence electrons. The molecule has 2 saturated carbocycles. The third-order valence-electron chi connectivity index (χ3n) is 3.74. The van der Waals surface area contributed by atoms with Gasteiger partial charge >= 0.3 is 0 Å². The molecule has 1 nitrogen and oxygen atoms in total. The summed E-state index contributed by atoms with van der Waals surface area (Å²) in [4.78, 5) is 0. The van der Waals surface area contributed by atoms with Crippen LogP contribution < -0.4 is 0 Å². The summed E-state index contributed by atoms with van der Waals surface area (Å²) in [5.41, 5.74) is -0.266. The fourth-order valence-corrected chi connectivity index (χ4v) is 3.11. The van der Waals surface area contributed by atoms with Gasteiger partial charge in [-0.25, -0.2) is 0 Å². The summed E-state index contributed by atoms with van der Waals surface area (Å²) >= 11 is 0. The van der Waals surface area contributed by atoms with Crippen LogP contribution in [0.25, 0.3) is 0 Å². The molecule has 0 heterocycles. The Kier molecular flexibility index (Phi) is 1.83. The molecule has 2 rings (SSSR count). The summed E-state index contributed by atoms with van der Waals surface area (Å²) in [6, 6.07) is 2.37. The minimum Gasteiger partial charge on any atom is -0.251 e. The summed E-state index contributed by atoms with van der Waals surface area (Å²) in [5, 5.41) is 9.05. The first kappa shape index (κ1) is 8.04. The first-order valence-electron chi connectivity index (χ1n) is 4.78. The van der Waals surface area contributed by atoms with E-state index in [4.69, 9.17) is 5.26 Å². The van der Waals surface area contributed by atoms with Crippen molar-refractivity contribution in [3.63, 3.8) is 0 Å². The summed E-state index contributed by atoms with van der Waals surface area (Å²) in [5.74, 6) is 1.25. The third kappa shape index (κ3) is 0.957. The highest BCUT2D eigenvalue weighted by atomic mass is 19.1. The fourth-order valence-electron chi connectivity index (χ4n) is 3.11. The molecule has 0 radical (unpaired) electrons. The molecule has 2 aliphatic rings. The van der Waals surface area contributed by atoms with Crippen molar-refractivity contribution >= 4 is 0 Å². The van der Waals surface area contributed by atoms with Gasteiger partial charge in [0.1, 0.15) is 0 Å². The Bertz CT molecular complexity index is 220. The predicted molar refractivity (Wildman–Crippen MR) is 44.1 cm³/mol. The van der Waals surface area contributed by atoms with E-state index in [1.807, 2.05) is 0 Å². The van der Waals surface area contributed by atoms with Gasteiger partial charge in [0.15, 0.2) is 0 Å². The van der Waals surface area contributed by atoms with Crippen molar-refractivity contribution in [2.75, 3.05) is 6.67 Å². The molecule has 0 aromatic heterocycles. The van der Waals surface area contributed by atoms with E-state index in [2.05, 4.69) is 6.07 Å². The van der Waals surface area contributed by atoms with Gasteiger partial charge in [0.25, 0.3) is 0 Å². The summed E-state index contributed by atoms with van der Waals surface area (Å²) in [6.07, 6.45) is 5.08. The first-order chi connectivity index (χ1) is 5.80. The maximum absolute atomic E-state index is 12.3. The topological polar surface area (TPSA) is 23.8 Å². The van der Waals surface area contributed by atoms with E-state index in [0.717, 1.165) is 18.8 Å².